The van der Waals surface area contributed by atoms with Crippen LogP contribution in [0, 0.1) is 0 Å². The molecule has 2 aromatic rings. The lowest BCUT2D eigenvalue weighted by molar-refractivity contribution is 0.0997. The second-order valence-corrected chi connectivity index (χ2v) is 8.18. The van der Waals surface area contributed by atoms with Gasteiger partial charge in [0.2, 0.25) is 0 Å². The summed E-state index contributed by atoms with van der Waals surface area (Å²) in [4.78, 5) is 16.0. The van der Waals surface area contributed by atoms with Gasteiger partial charge in [-0.2, -0.15) is 0 Å². The summed E-state index contributed by atoms with van der Waals surface area (Å²) in [5, 5.41) is 2.06. The monoisotopic (exact) mass is 387 g/mol. The maximum absolute atomic E-state index is 12.7. The van der Waals surface area contributed by atoms with Gasteiger partial charge in [0.25, 0.3) is 0 Å². The Morgan fingerprint density at radius 1 is 1.13 bits per heavy atom. The first-order valence-corrected chi connectivity index (χ1v) is 9.61. The van der Waals surface area contributed by atoms with E-state index in [0.29, 0.717) is 6.42 Å². The molecule has 1 aliphatic heterocycles. The molecule has 0 amide bonds. The molecule has 1 aliphatic carbocycles. The Bertz CT molecular complexity index is 811. The predicted octanol–water partition coefficient (Wildman–Crippen LogP) is 4.78. The van der Waals surface area contributed by atoms with Crippen LogP contribution in [0.25, 0.3) is 5.57 Å². The third-order valence-corrected chi connectivity index (χ3v) is 6.27. The number of piperidine rings is 1. The van der Waals surface area contributed by atoms with Crippen LogP contribution < -0.4 is 0 Å². The summed E-state index contributed by atoms with van der Waals surface area (Å²) in [6.07, 6.45) is 2.68. The molecule has 23 heavy (non-hydrogen) atoms. The minimum atomic E-state index is 0.252. The molecule has 1 aromatic carbocycles. The minimum Gasteiger partial charge on any atom is -0.306 e. The molecule has 2 nitrogen and oxygen atoms in total. The Morgan fingerprint density at radius 3 is 2.70 bits per heavy atom. The van der Waals surface area contributed by atoms with Crippen LogP contribution >= 0.6 is 27.3 Å². The van der Waals surface area contributed by atoms with E-state index in [1.807, 2.05) is 6.07 Å². The molecular formula is C19H18BrNOS. The summed E-state index contributed by atoms with van der Waals surface area (Å²) in [7, 11) is 2.18. The Labute approximate surface area is 149 Å². The third-order valence-electron chi connectivity index (χ3n) is 4.82. The van der Waals surface area contributed by atoms with Crippen LogP contribution in [0.2, 0.25) is 0 Å². The highest BCUT2D eigenvalue weighted by molar-refractivity contribution is 9.10. The lowest BCUT2D eigenvalue weighted by Gasteiger charge is -2.27. The molecule has 4 heteroatoms. The van der Waals surface area contributed by atoms with Crippen molar-refractivity contribution in [2.24, 2.45) is 0 Å². The number of nitrogens with zero attached hydrogens (tertiary/aromatic N) is 1. The average molecular weight is 388 g/mol. The van der Waals surface area contributed by atoms with Gasteiger partial charge in [0.15, 0.2) is 5.78 Å². The second kappa shape index (κ2) is 6.00. The van der Waals surface area contributed by atoms with E-state index < -0.39 is 0 Å². The van der Waals surface area contributed by atoms with Gasteiger partial charge < -0.3 is 4.90 Å². The van der Waals surface area contributed by atoms with E-state index in [4.69, 9.17) is 0 Å². The fraction of sp³-hybridized carbons (Fsp3) is 0.316. The van der Waals surface area contributed by atoms with Crippen LogP contribution in [0.15, 0.2) is 39.7 Å². The van der Waals surface area contributed by atoms with Gasteiger partial charge in [-0.1, -0.05) is 27.6 Å². The number of hydrogen-bond acceptors (Lipinski definition) is 3. The first kappa shape index (κ1) is 15.3. The largest absolute Gasteiger partial charge is 0.306 e. The third kappa shape index (κ3) is 2.73. The average Bonchev–Trinajstić information content (AvgIpc) is 2.97. The lowest BCUT2D eigenvalue weighted by Crippen LogP contribution is -2.27. The molecule has 2 heterocycles. The van der Waals surface area contributed by atoms with Gasteiger partial charge in [0.1, 0.15) is 0 Å². The molecule has 0 N–H and O–H groups in total. The molecule has 0 radical (unpaired) electrons. The highest BCUT2D eigenvalue weighted by Gasteiger charge is 2.27. The van der Waals surface area contributed by atoms with E-state index in [0.717, 1.165) is 46.4 Å². The van der Waals surface area contributed by atoms with Crippen molar-refractivity contribution in [3.8, 4) is 0 Å². The number of likely N-dealkylation sites (tertiary alicyclic amines) is 1. The van der Waals surface area contributed by atoms with Gasteiger partial charge in [-0.3, -0.25) is 4.79 Å². The molecule has 2 aliphatic rings. The number of thiophene rings is 1. The van der Waals surface area contributed by atoms with Crippen molar-refractivity contribution >= 4 is 38.6 Å². The Kier molecular flexibility index (Phi) is 4.00. The van der Waals surface area contributed by atoms with E-state index >= 15 is 0 Å². The highest BCUT2D eigenvalue weighted by Crippen LogP contribution is 2.41. The van der Waals surface area contributed by atoms with Crippen LogP contribution in [0.5, 0.6) is 0 Å². The fourth-order valence-electron chi connectivity index (χ4n) is 3.58. The van der Waals surface area contributed by atoms with Gasteiger partial charge in [0.05, 0.1) is 4.88 Å². The summed E-state index contributed by atoms with van der Waals surface area (Å²) in [6.45, 7) is 2.19. The topological polar surface area (TPSA) is 20.3 Å². The Hall–Kier alpha value is -1.23. The standard InChI is InChI=1S/C19H18BrNOS/c1-21-7-4-12(5-8-21)18-15-6-9-23-19(15)17(22)10-13-2-3-14(20)11-16(13)18/h2-3,6,9,11H,4-5,7-8,10H2,1H3. The summed E-state index contributed by atoms with van der Waals surface area (Å²) >= 11 is 5.19. The van der Waals surface area contributed by atoms with Crippen molar-refractivity contribution in [3.05, 3.63) is 61.3 Å². The van der Waals surface area contributed by atoms with Gasteiger partial charge in [-0.05, 0) is 60.2 Å². The molecule has 0 spiro atoms. The van der Waals surface area contributed by atoms with Crippen molar-refractivity contribution in [1.82, 2.24) is 4.90 Å². The van der Waals surface area contributed by atoms with Crippen LogP contribution in [0.1, 0.15) is 39.2 Å². The Balaban J connectivity index is 1.98. The zero-order valence-corrected chi connectivity index (χ0v) is 15.5. The smallest absolute Gasteiger partial charge is 0.177 e. The van der Waals surface area contributed by atoms with Crippen molar-refractivity contribution in [2.75, 3.05) is 20.1 Å². The van der Waals surface area contributed by atoms with E-state index in [9.17, 15) is 4.79 Å². The SMILES string of the molecule is CN1CCC(=C2c3cc(Br)ccc3CC(=O)c3sccc32)CC1. The minimum absolute atomic E-state index is 0.252. The molecule has 0 saturated carbocycles. The van der Waals surface area contributed by atoms with Gasteiger partial charge in [-0.25, -0.2) is 0 Å². The van der Waals surface area contributed by atoms with Gasteiger partial charge in [0, 0.05) is 29.5 Å². The lowest BCUT2D eigenvalue weighted by atomic mass is 9.88. The van der Waals surface area contributed by atoms with Crippen LogP contribution in [0.3, 0.4) is 0 Å². The number of halogens is 1. The molecule has 0 unspecified atom stereocenters. The normalized spacial score (nSPS) is 18.6. The summed E-state index contributed by atoms with van der Waals surface area (Å²) < 4.78 is 1.08. The number of hydrogen-bond donors (Lipinski definition) is 0. The van der Waals surface area contributed by atoms with Crippen molar-refractivity contribution in [2.45, 2.75) is 19.3 Å². The number of fused-ring (bicyclic) bond motifs is 2. The number of benzene rings is 1. The van der Waals surface area contributed by atoms with Crippen LogP contribution in [-0.2, 0) is 6.42 Å². The van der Waals surface area contributed by atoms with Crippen molar-refractivity contribution in [1.29, 1.82) is 0 Å². The molecule has 4 rings (SSSR count). The highest BCUT2D eigenvalue weighted by atomic mass is 79.9. The first-order chi connectivity index (χ1) is 11.1. The van der Waals surface area contributed by atoms with Gasteiger partial charge >= 0.3 is 0 Å². The molecule has 0 atom stereocenters. The van der Waals surface area contributed by atoms with E-state index in [1.165, 1.54) is 16.7 Å². The molecule has 1 saturated heterocycles. The zero-order valence-electron chi connectivity index (χ0n) is 13.1. The zero-order chi connectivity index (χ0) is 16.0. The van der Waals surface area contributed by atoms with Crippen molar-refractivity contribution in [3.63, 3.8) is 0 Å². The summed E-state index contributed by atoms with van der Waals surface area (Å²) in [5.74, 6) is 0.252. The van der Waals surface area contributed by atoms with E-state index in [2.05, 4.69) is 51.5 Å². The first-order valence-electron chi connectivity index (χ1n) is 7.94. The molecule has 1 aromatic heterocycles. The maximum atomic E-state index is 12.7. The second-order valence-electron chi connectivity index (χ2n) is 6.35. The summed E-state index contributed by atoms with van der Waals surface area (Å²) in [5.41, 5.74) is 6.36. The quantitative estimate of drug-likeness (QED) is 0.648. The van der Waals surface area contributed by atoms with Crippen LogP contribution in [-0.4, -0.2) is 30.8 Å². The molecule has 0 bridgehead atoms. The number of Topliss-reactive ketones (excluding diaryl/α,β-unsaturated/α-hetero) is 1. The number of ketones is 1. The summed E-state index contributed by atoms with van der Waals surface area (Å²) in [6, 6.07) is 8.47. The number of rotatable bonds is 0. The maximum Gasteiger partial charge on any atom is 0.177 e. The molecule has 118 valence electrons. The van der Waals surface area contributed by atoms with Gasteiger partial charge in [-0.15, -0.1) is 11.3 Å². The van der Waals surface area contributed by atoms with Crippen LogP contribution in [0.4, 0.5) is 0 Å². The number of carbonyl (C=O) groups excluding carboxylic acids is 1. The number of carbonyl (C=O) groups is 1. The van der Waals surface area contributed by atoms with Crippen molar-refractivity contribution < 1.29 is 4.79 Å². The van der Waals surface area contributed by atoms with E-state index in [1.54, 1.807) is 11.3 Å². The Morgan fingerprint density at radius 2 is 1.91 bits per heavy atom. The molecular weight excluding hydrogens is 370 g/mol. The molecule has 1 fully saturated rings. The fourth-order valence-corrected chi connectivity index (χ4v) is 4.78. The van der Waals surface area contributed by atoms with E-state index in [-0.39, 0.29) is 5.78 Å². The predicted molar refractivity (Wildman–Crippen MR) is 99.2 cm³/mol.